The largest absolute Gasteiger partial charge is 0.480 e. The lowest BCUT2D eigenvalue weighted by Crippen LogP contribution is -2.42. The number of rotatable bonds is 6. The summed E-state index contributed by atoms with van der Waals surface area (Å²) >= 11 is 0. The van der Waals surface area contributed by atoms with Crippen LogP contribution < -0.4 is 5.32 Å². The fourth-order valence-electron chi connectivity index (χ4n) is 2.85. The molecule has 0 saturated carbocycles. The smallest absolute Gasteiger partial charge is 0.326 e. The first-order chi connectivity index (χ1) is 13.0. The van der Waals surface area contributed by atoms with E-state index >= 15 is 0 Å². The van der Waals surface area contributed by atoms with Crippen molar-refractivity contribution in [2.75, 3.05) is 0 Å². The molecule has 1 amide bonds. The van der Waals surface area contributed by atoms with Crippen molar-refractivity contribution in [2.45, 2.75) is 19.4 Å². The molecule has 2 N–H and O–H groups in total. The number of aliphatic carboxylic acids is 1. The van der Waals surface area contributed by atoms with Gasteiger partial charge in [-0.15, -0.1) is 0 Å². The molecule has 4 nitrogen and oxygen atoms in total. The summed E-state index contributed by atoms with van der Waals surface area (Å²) in [5.74, 6) is -1.45. The van der Waals surface area contributed by atoms with Crippen LogP contribution >= 0.6 is 0 Å². The van der Waals surface area contributed by atoms with Crippen LogP contribution in [0, 0.1) is 6.92 Å². The monoisotopic (exact) mass is 359 g/mol. The fraction of sp³-hybridized carbons (Fsp3) is 0.130. The number of hydrogen-bond donors (Lipinski definition) is 2. The van der Waals surface area contributed by atoms with Gasteiger partial charge in [-0.2, -0.15) is 0 Å². The van der Waals surface area contributed by atoms with Crippen LogP contribution in [-0.2, 0) is 11.2 Å². The summed E-state index contributed by atoms with van der Waals surface area (Å²) < 4.78 is 0. The van der Waals surface area contributed by atoms with E-state index in [0.717, 1.165) is 22.3 Å². The standard InChI is InChI=1S/C23H21NO3/c1-16-7-9-17(10-8-16)15-21(23(26)27)24-22(25)20-13-11-19(12-14-20)18-5-3-2-4-6-18/h2-14,21H,15H2,1H3,(H,24,25)(H,26,27)/t21-/m0/s1. The molecule has 0 unspecified atom stereocenters. The van der Waals surface area contributed by atoms with E-state index in [0.29, 0.717) is 5.56 Å². The topological polar surface area (TPSA) is 66.4 Å². The second-order valence-electron chi connectivity index (χ2n) is 6.50. The lowest BCUT2D eigenvalue weighted by molar-refractivity contribution is -0.139. The molecule has 0 aliphatic carbocycles. The van der Waals surface area contributed by atoms with E-state index in [9.17, 15) is 14.7 Å². The van der Waals surface area contributed by atoms with Gasteiger partial charge in [0.25, 0.3) is 5.91 Å². The Morgan fingerprint density at radius 3 is 2.04 bits per heavy atom. The zero-order chi connectivity index (χ0) is 19.2. The molecular weight excluding hydrogens is 338 g/mol. The predicted molar refractivity (Wildman–Crippen MR) is 106 cm³/mol. The Labute approximate surface area is 158 Å². The third-order valence-corrected chi connectivity index (χ3v) is 4.42. The minimum atomic E-state index is -1.05. The SMILES string of the molecule is Cc1ccc(C[C@H](NC(=O)c2ccc(-c3ccccc3)cc2)C(=O)O)cc1. The van der Waals surface area contributed by atoms with Gasteiger partial charge in [-0.1, -0.05) is 72.3 Å². The van der Waals surface area contributed by atoms with Gasteiger partial charge in [0, 0.05) is 12.0 Å². The second kappa shape index (κ2) is 8.32. The average molecular weight is 359 g/mol. The van der Waals surface area contributed by atoms with E-state index in [1.165, 1.54) is 0 Å². The molecule has 1 atom stereocenters. The summed E-state index contributed by atoms with van der Waals surface area (Å²) in [4.78, 5) is 24.0. The zero-order valence-electron chi connectivity index (χ0n) is 15.1. The lowest BCUT2D eigenvalue weighted by atomic mass is 10.0. The molecule has 0 aliphatic rings. The van der Waals surface area contributed by atoms with Crippen molar-refractivity contribution in [3.63, 3.8) is 0 Å². The van der Waals surface area contributed by atoms with E-state index in [-0.39, 0.29) is 6.42 Å². The minimum Gasteiger partial charge on any atom is -0.480 e. The van der Waals surface area contributed by atoms with Gasteiger partial charge in [-0.05, 0) is 35.7 Å². The summed E-state index contributed by atoms with van der Waals surface area (Å²) in [6, 6.07) is 23.6. The number of benzene rings is 3. The normalized spacial score (nSPS) is 11.6. The van der Waals surface area contributed by atoms with Gasteiger partial charge in [0.15, 0.2) is 0 Å². The Kier molecular flexibility index (Phi) is 5.67. The number of nitrogens with one attached hydrogen (secondary N) is 1. The molecule has 27 heavy (non-hydrogen) atoms. The summed E-state index contributed by atoms with van der Waals surface area (Å²) in [5, 5.41) is 12.1. The first-order valence-electron chi connectivity index (χ1n) is 8.77. The van der Waals surface area contributed by atoms with Crippen molar-refractivity contribution in [3.05, 3.63) is 95.6 Å². The lowest BCUT2D eigenvalue weighted by Gasteiger charge is -2.15. The Balaban J connectivity index is 1.70. The quantitative estimate of drug-likeness (QED) is 0.697. The van der Waals surface area contributed by atoms with Crippen LogP contribution in [0.5, 0.6) is 0 Å². The first kappa shape index (κ1) is 18.4. The average Bonchev–Trinajstić information content (AvgIpc) is 2.69. The number of carbonyl (C=O) groups excluding carboxylic acids is 1. The zero-order valence-corrected chi connectivity index (χ0v) is 15.1. The van der Waals surface area contributed by atoms with E-state index in [2.05, 4.69) is 5.32 Å². The van der Waals surface area contributed by atoms with Gasteiger partial charge >= 0.3 is 5.97 Å². The van der Waals surface area contributed by atoms with Gasteiger partial charge in [-0.25, -0.2) is 4.79 Å². The van der Waals surface area contributed by atoms with Crippen molar-refractivity contribution >= 4 is 11.9 Å². The second-order valence-corrected chi connectivity index (χ2v) is 6.50. The molecule has 136 valence electrons. The maximum Gasteiger partial charge on any atom is 0.326 e. The van der Waals surface area contributed by atoms with Crippen LogP contribution in [0.3, 0.4) is 0 Å². The Hall–Kier alpha value is -3.40. The maximum absolute atomic E-state index is 12.5. The molecule has 0 bridgehead atoms. The van der Waals surface area contributed by atoms with Crippen LogP contribution in [0.4, 0.5) is 0 Å². The van der Waals surface area contributed by atoms with E-state index in [4.69, 9.17) is 0 Å². The summed E-state index contributed by atoms with van der Waals surface area (Å²) in [6.45, 7) is 1.97. The fourth-order valence-corrected chi connectivity index (χ4v) is 2.85. The number of carboxylic acid groups (broad SMARTS) is 1. The van der Waals surface area contributed by atoms with Gasteiger partial charge in [0.05, 0.1) is 0 Å². The Morgan fingerprint density at radius 1 is 0.852 bits per heavy atom. The third-order valence-electron chi connectivity index (χ3n) is 4.42. The molecule has 0 saturated heterocycles. The highest BCUT2D eigenvalue weighted by molar-refractivity contribution is 5.97. The van der Waals surface area contributed by atoms with Crippen molar-refractivity contribution < 1.29 is 14.7 Å². The maximum atomic E-state index is 12.5. The minimum absolute atomic E-state index is 0.240. The van der Waals surface area contributed by atoms with Gasteiger partial charge in [0.1, 0.15) is 6.04 Å². The van der Waals surface area contributed by atoms with Gasteiger partial charge in [0.2, 0.25) is 0 Å². The van der Waals surface area contributed by atoms with Gasteiger partial charge < -0.3 is 10.4 Å². The summed E-state index contributed by atoms with van der Waals surface area (Å²) in [7, 11) is 0. The molecule has 3 aromatic rings. The van der Waals surface area contributed by atoms with Crippen LogP contribution in [0.25, 0.3) is 11.1 Å². The number of aryl methyl sites for hydroxylation is 1. The van der Waals surface area contributed by atoms with Crippen LogP contribution in [0.1, 0.15) is 21.5 Å². The summed E-state index contributed by atoms with van der Waals surface area (Å²) in [5.41, 5.74) is 4.47. The van der Waals surface area contributed by atoms with E-state index < -0.39 is 17.9 Å². The van der Waals surface area contributed by atoms with Crippen molar-refractivity contribution in [2.24, 2.45) is 0 Å². The van der Waals surface area contributed by atoms with Crippen LogP contribution in [0.15, 0.2) is 78.9 Å². The predicted octanol–water partition coefficient (Wildman–Crippen LogP) is 4.09. The van der Waals surface area contributed by atoms with Crippen LogP contribution in [-0.4, -0.2) is 23.0 Å². The molecule has 3 rings (SSSR count). The molecule has 0 aromatic heterocycles. The van der Waals surface area contributed by atoms with E-state index in [1.54, 1.807) is 12.1 Å². The highest BCUT2D eigenvalue weighted by Gasteiger charge is 2.21. The van der Waals surface area contributed by atoms with Gasteiger partial charge in [-0.3, -0.25) is 4.79 Å². The third kappa shape index (κ3) is 4.82. The molecular formula is C23H21NO3. The molecule has 0 spiro atoms. The molecule has 0 fully saturated rings. The Morgan fingerprint density at radius 2 is 1.44 bits per heavy atom. The molecule has 0 heterocycles. The van der Waals surface area contributed by atoms with Crippen molar-refractivity contribution in [3.8, 4) is 11.1 Å². The Bertz CT molecular complexity index is 916. The number of carboxylic acids is 1. The molecule has 0 aliphatic heterocycles. The number of hydrogen-bond acceptors (Lipinski definition) is 2. The van der Waals surface area contributed by atoms with Crippen molar-refractivity contribution in [1.29, 1.82) is 0 Å². The number of amides is 1. The van der Waals surface area contributed by atoms with E-state index in [1.807, 2.05) is 73.7 Å². The summed E-state index contributed by atoms with van der Waals surface area (Å²) in [6.07, 6.45) is 0.240. The van der Waals surface area contributed by atoms with Crippen LogP contribution in [0.2, 0.25) is 0 Å². The highest BCUT2D eigenvalue weighted by atomic mass is 16.4. The molecule has 4 heteroatoms. The van der Waals surface area contributed by atoms with Crippen molar-refractivity contribution in [1.82, 2.24) is 5.32 Å². The molecule has 3 aromatic carbocycles. The molecule has 0 radical (unpaired) electrons. The highest BCUT2D eigenvalue weighted by Crippen LogP contribution is 2.19. The number of carbonyl (C=O) groups is 2. The first-order valence-corrected chi connectivity index (χ1v) is 8.77.